The normalized spacial score (nSPS) is 15.1. The van der Waals surface area contributed by atoms with Crippen LogP contribution in [0.4, 0.5) is 0 Å². The molecule has 1 aliphatic rings. The van der Waals surface area contributed by atoms with Crippen molar-refractivity contribution in [3.05, 3.63) is 22.4 Å². The highest BCUT2D eigenvalue weighted by Crippen LogP contribution is 2.17. The number of rotatable bonds is 7. The molecule has 0 unspecified atom stereocenters. The van der Waals surface area contributed by atoms with E-state index in [0.29, 0.717) is 18.9 Å². The third-order valence-corrected chi connectivity index (χ3v) is 4.81. The minimum absolute atomic E-state index is 0. The lowest BCUT2D eigenvalue weighted by molar-refractivity contribution is -0.134. The number of hydrogen-bond donors (Lipinski definition) is 1. The molecular formula is C16H25ClN2O2S. The summed E-state index contributed by atoms with van der Waals surface area (Å²) in [5.41, 5.74) is 0. The van der Waals surface area contributed by atoms with E-state index in [1.165, 1.54) is 11.3 Å². The van der Waals surface area contributed by atoms with Crippen LogP contribution in [0.25, 0.3) is 0 Å². The Morgan fingerprint density at radius 1 is 1.32 bits per heavy atom. The molecule has 2 heterocycles. The summed E-state index contributed by atoms with van der Waals surface area (Å²) in [5.74, 6) is 0.216. The maximum Gasteiger partial charge on any atom is 0.223 e. The van der Waals surface area contributed by atoms with Crippen LogP contribution in [-0.4, -0.2) is 42.3 Å². The minimum Gasteiger partial charge on any atom is -0.340 e. The average molecular weight is 345 g/mol. The molecule has 0 spiro atoms. The van der Waals surface area contributed by atoms with Gasteiger partial charge in [-0.3, -0.25) is 9.59 Å². The molecule has 124 valence electrons. The number of nitrogens with zero attached hydrogens (tertiary/aromatic N) is 1. The van der Waals surface area contributed by atoms with E-state index in [0.717, 1.165) is 43.8 Å². The molecule has 0 radical (unpaired) electrons. The van der Waals surface area contributed by atoms with Crippen LogP contribution in [0.5, 0.6) is 0 Å². The summed E-state index contributed by atoms with van der Waals surface area (Å²) < 4.78 is 0. The summed E-state index contributed by atoms with van der Waals surface area (Å²) in [5, 5.41) is 5.22. The largest absolute Gasteiger partial charge is 0.340 e. The van der Waals surface area contributed by atoms with Crippen molar-refractivity contribution < 1.29 is 9.59 Å². The van der Waals surface area contributed by atoms with E-state index in [4.69, 9.17) is 0 Å². The fraction of sp³-hybridized carbons (Fsp3) is 0.625. The van der Waals surface area contributed by atoms with Gasteiger partial charge in [-0.25, -0.2) is 0 Å². The van der Waals surface area contributed by atoms with E-state index in [2.05, 4.69) is 12.2 Å². The van der Waals surface area contributed by atoms with Gasteiger partial charge in [0.15, 0.2) is 5.78 Å². The Labute approximate surface area is 142 Å². The first kappa shape index (κ1) is 19.1. The zero-order chi connectivity index (χ0) is 15.1. The van der Waals surface area contributed by atoms with E-state index < -0.39 is 0 Å². The molecule has 0 aliphatic carbocycles. The highest BCUT2D eigenvalue weighted by molar-refractivity contribution is 7.12. The Bertz CT molecular complexity index is 459. The highest BCUT2D eigenvalue weighted by Gasteiger charge is 2.24. The quantitative estimate of drug-likeness (QED) is 0.773. The number of nitrogens with one attached hydrogen (secondary N) is 1. The molecule has 1 amide bonds. The molecule has 1 N–H and O–H groups in total. The van der Waals surface area contributed by atoms with Gasteiger partial charge in [0.2, 0.25) is 5.91 Å². The first-order chi connectivity index (χ1) is 10.2. The number of thiophene rings is 1. The second-order valence-electron chi connectivity index (χ2n) is 5.47. The Morgan fingerprint density at radius 3 is 2.64 bits per heavy atom. The molecule has 1 aliphatic heterocycles. The molecule has 6 heteroatoms. The maximum atomic E-state index is 12.5. The fourth-order valence-electron chi connectivity index (χ4n) is 2.79. The molecule has 0 aromatic carbocycles. The van der Waals surface area contributed by atoms with Crippen LogP contribution in [0, 0.1) is 0 Å². The fourth-order valence-corrected chi connectivity index (χ4v) is 3.49. The lowest BCUT2D eigenvalue weighted by atomic mass is 10.0. The van der Waals surface area contributed by atoms with Gasteiger partial charge < -0.3 is 10.2 Å². The molecular weight excluding hydrogens is 320 g/mol. The number of carbonyl (C=O) groups excluding carboxylic acids is 2. The first-order valence-corrected chi connectivity index (χ1v) is 8.67. The number of hydrogen-bond acceptors (Lipinski definition) is 4. The van der Waals surface area contributed by atoms with Crippen LogP contribution in [-0.2, 0) is 4.79 Å². The number of piperidine rings is 1. The number of Topliss-reactive ketones (excluding diaryl/α,β-unsaturated/α-hetero) is 1. The molecule has 1 aromatic heterocycles. The molecule has 0 atom stereocenters. The van der Waals surface area contributed by atoms with E-state index in [-0.39, 0.29) is 24.1 Å². The third-order valence-electron chi connectivity index (χ3n) is 3.90. The Hall–Kier alpha value is -0.910. The van der Waals surface area contributed by atoms with Crippen molar-refractivity contribution in [3.63, 3.8) is 0 Å². The average Bonchev–Trinajstić information content (AvgIpc) is 3.05. The third kappa shape index (κ3) is 5.38. The molecule has 0 saturated carbocycles. The Kier molecular flexibility index (Phi) is 8.68. The van der Waals surface area contributed by atoms with Gasteiger partial charge in [0, 0.05) is 25.4 Å². The summed E-state index contributed by atoms with van der Waals surface area (Å²) in [6.45, 7) is 4.85. The SMILES string of the molecule is CCCN(C(=O)CCC(=O)c1cccs1)C1CCNCC1.Cl. The second kappa shape index (κ2) is 9.98. The summed E-state index contributed by atoms with van der Waals surface area (Å²) in [7, 11) is 0. The van der Waals surface area contributed by atoms with Crippen molar-refractivity contribution in [2.75, 3.05) is 19.6 Å². The summed E-state index contributed by atoms with van der Waals surface area (Å²) in [4.78, 5) is 27.2. The standard InChI is InChI=1S/C16H24N2O2S.ClH/c1-2-11-18(13-7-9-17-10-8-13)16(20)6-5-14(19)15-4-3-12-21-15;/h3-4,12-13,17H,2,5-11H2,1H3;1H. The molecule has 1 aromatic rings. The molecule has 2 rings (SSSR count). The predicted molar refractivity (Wildman–Crippen MR) is 93.0 cm³/mol. The van der Waals surface area contributed by atoms with Gasteiger partial charge >= 0.3 is 0 Å². The number of halogens is 1. The lowest BCUT2D eigenvalue weighted by Crippen LogP contribution is -2.46. The molecule has 4 nitrogen and oxygen atoms in total. The van der Waals surface area contributed by atoms with Crippen LogP contribution >= 0.6 is 23.7 Å². The van der Waals surface area contributed by atoms with E-state index >= 15 is 0 Å². The van der Waals surface area contributed by atoms with Gasteiger partial charge in [-0.2, -0.15) is 0 Å². The van der Waals surface area contributed by atoms with Crippen molar-refractivity contribution in [1.29, 1.82) is 0 Å². The smallest absolute Gasteiger partial charge is 0.223 e. The lowest BCUT2D eigenvalue weighted by Gasteiger charge is -2.34. The summed E-state index contributed by atoms with van der Waals surface area (Å²) >= 11 is 1.45. The highest BCUT2D eigenvalue weighted by atomic mass is 35.5. The molecule has 1 fully saturated rings. The summed E-state index contributed by atoms with van der Waals surface area (Å²) in [6.07, 6.45) is 3.66. The molecule has 22 heavy (non-hydrogen) atoms. The second-order valence-corrected chi connectivity index (χ2v) is 6.42. The van der Waals surface area contributed by atoms with Crippen molar-refractivity contribution in [3.8, 4) is 0 Å². The predicted octanol–water partition coefficient (Wildman–Crippen LogP) is 3.12. The van der Waals surface area contributed by atoms with E-state index in [9.17, 15) is 9.59 Å². The zero-order valence-corrected chi connectivity index (χ0v) is 14.7. The molecule has 1 saturated heterocycles. The first-order valence-electron chi connectivity index (χ1n) is 7.79. The van der Waals surface area contributed by atoms with Crippen LogP contribution in [0.1, 0.15) is 48.7 Å². The Balaban J connectivity index is 0.00000242. The zero-order valence-electron chi connectivity index (χ0n) is 13.0. The summed E-state index contributed by atoms with van der Waals surface area (Å²) in [6, 6.07) is 4.04. The van der Waals surface area contributed by atoms with Crippen LogP contribution in [0.2, 0.25) is 0 Å². The van der Waals surface area contributed by atoms with Crippen LogP contribution in [0.15, 0.2) is 17.5 Å². The van der Waals surface area contributed by atoms with Gasteiger partial charge in [0.25, 0.3) is 0 Å². The van der Waals surface area contributed by atoms with Crippen molar-refractivity contribution in [2.24, 2.45) is 0 Å². The minimum atomic E-state index is 0. The van der Waals surface area contributed by atoms with Gasteiger partial charge in [-0.15, -0.1) is 23.7 Å². The van der Waals surface area contributed by atoms with Crippen LogP contribution < -0.4 is 5.32 Å². The van der Waals surface area contributed by atoms with Gasteiger partial charge in [0.1, 0.15) is 0 Å². The number of amides is 1. The topological polar surface area (TPSA) is 49.4 Å². The van der Waals surface area contributed by atoms with E-state index in [1.54, 1.807) is 0 Å². The van der Waals surface area contributed by atoms with Crippen molar-refractivity contribution in [2.45, 2.75) is 45.1 Å². The van der Waals surface area contributed by atoms with Crippen LogP contribution in [0.3, 0.4) is 0 Å². The number of ketones is 1. The monoisotopic (exact) mass is 344 g/mol. The van der Waals surface area contributed by atoms with Gasteiger partial charge in [-0.05, 0) is 43.8 Å². The molecule has 0 bridgehead atoms. The van der Waals surface area contributed by atoms with Crippen molar-refractivity contribution >= 4 is 35.4 Å². The van der Waals surface area contributed by atoms with Gasteiger partial charge in [0.05, 0.1) is 4.88 Å². The van der Waals surface area contributed by atoms with E-state index in [1.807, 2.05) is 22.4 Å². The number of carbonyl (C=O) groups is 2. The van der Waals surface area contributed by atoms with Crippen molar-refractivity contribution in [1.82, 2.24) is 10.2 Å². The Morgan fingerprint density at radius 2 is 2.05 bits per heavy atom. The maximum absolute atomic E-state index is 12.5. The van der Waals surface area contributed by atoms with Gasteiger partial charge in [-0.1, -0.05) is 13.0 Å².